The van der Waals surface area contributed by atoms with Gasteiger partial charge in [-0.1, -0.05) is 48.0 Å². The maximum atomic E-state index is 12.7. The number of halogens is 1. The zero-order valence-corrected chi connectivity index (χ0v) is 27.0. The zero-order valence-electron chi connectivity index (χ0n) is 25.4. The van der Waals surface area contributed by atoms with Gasteiger partial charge in [-0.15, -0.1) is 0 Å². The molecule has 0 saturated carbocycles. The fourth-order valence-electron chi connectivity index (χ4n) is 4.33. The lowest BCUT2D eigenvalue weighted by Gasteiger charge is -2.23. The Bertz CT molecular complexity index is 1430. The van der Waals surface area contributed by atoms with Crippen LogP contribution in [0.5, 0.6) is 5.75 Å². The van der Waals surface area contributed by atoms with Crippen LogP contribution in [0.3, 0.4) is 0 Å². The predicted octanol–water partition coefficient (Wildman–Crippen LogP) is 6.21. The summed E-state index contributed by atoms with van der Waals surface area (Å²) in [6, 6.07) is 20.4. The van der Waals surface area contributed by atoms with E-state index in [4.69, 9.17) is 21.1 Å². The van der Waals surface area contributed by atoms with Crippen LogP contribution in [0.1, 0.15) is 56.4 Å². The summed E-state index contributed by atoms with van der Waals surface area (Å²) in [7, 11) is 0.298. The highest BCUT2D eigenvalue weighted by atomic mass is 35.5. The number of nitrogens with one attached hydrogen (secondary N) is 1. The van der Waals surface area contributed by atoms with Crippen LogP contribution in [-0.2, 0) is 45.2 Å². The fourth-order valence-corrected chi connectivity index (χ4v) is 5.49. The summed E-state index contributed by atoms with van der Waals surface area (Å²) in [5.74, 6) is 0.614. The number of hydrogen-bond acceptors (Lipinski definition) is 6. The molecule has 0 fully saturated rings. The number of carbonyl (C=O) groups excluding carboxylic acids is 1. The molecule has 42 heavy (non-hydrogen) atoms. The first-order valence-corrected chi connectivity index (χ1v) is 16.1. The first-order chi connectivity index (χ1) is 19.7. The Hall–Kier alpha value is -2.91. The van der Waals surface area contributed by atoms with Gasteiger partial charge in [0.25, 0.3) is 0 Å². The van der Waals surface area contributed by atoms with E-state index in [0.29, 0.717) is 17.9 Å². The van der Waals surface area contributed by atoms with Gasteiger partial charge in [-0.25, -0.2) is 13.1 Å². The molecule has 0 heterocycles. The molecule has 0 aliphatic heterocycles. The van der Waals surface area contributed by atoms with E-state index in [1.54, 1.807) is 12.1 Å². The summed E-state index contributed by atoms with van der Waals surface area (Å²) in [5, 5.41) is 0.478. The summed E-state index contributed by atoms with van der Waals surface area (Å²) in [5.41, 5.74) is 3.70. The predicted molar refractivity (Wildman–Crippen MR) is 169 cm³/mol. The Balaban J connectivity index is 1.75. The number of carbonyl (C=O) groups is 1. The van der Waals surface area contributed by atoms with Crippen molar-refractivity contribution in [2.45, 2.75) is 76.5 Å². The van der Waals surface area contributed by atoms with Crippen molar-refractivity contribution in [2.24, 2.45) is 0 Å². The maximum Gasteiger partial charge on any atom is 0.306 e. The van der Waals surface area contributed by atoms with Crippen molar-refractivity contribution >= 4 is 27.6 Å². The molecule has 3 aromatic rings. The van der Waals surface area contributed by atoms with Gasteiger partial charge in [-0.2, -0.15) is 0 Å². The van der Waals surface area contributed by atoms with Crippen molar-refractivity contribution in [3.63, 3.8) is 0 Å². The molecule has 0 spiro atoms. The van der Waals surface area contributed by atoms with E-state index < -0.39 is 15.6 Å². The molecule has 0 aliphatic rings. The number of hydrogen-bond donors (Lipinski definition) is 1. The van der Waals surface area contributed by atoms with Crippen LogP contribution < -0.4 is 9.46 Å². The number of ether oxygens (including phenoxy) is 2. The van der Waals surface area contributed by atoms with Gasteiger partial charge in [0.15, 0.2) is 0 Å². The van der Waals surface area contributed by atoms with Crippen molar-refractivity contribution in [2.75, 3.05) is 20.6 Å². The number of nitrogens with zero attached hydrogens (tertiary/aromatic N) is 1. The molecule has 3 rings (SSSR count). The third-order valence-electron chi connectivity index (χ3n) is 6.66. The third kappa shape index (κ3) is 11.1. The van der Waals surface area contributed by atoms with Crippen molar-refractivity contribution in [1.29, 1.82) is 0 Å². The first kappa shape index (κ1) is 33.6. The normalized spacial score (nSPS) is 12.8. The second-order valence-corrected chi connectivity index (χ2v) is 13.8. The van der Waals surface area contributed by atoms with Crippen LogP contribution in [0.2, 0.25) is 5.02 Å². The molecule has 0 aliphatic carbocycles. The Kier molecular flexibility index (Phi) is 12.0. The molecule has 0 aromatic heterocycles. The topological polar surface area (TPSA) is 84.9 Å². The second-order valence-electron chi connectivity index (χ2n) is 11.6. The third-order valence-corrected chi connectivity index (χ3v) is 8.39. The van der Waals surface area contributed by atoms with Gasteiger partial charge in [0.2, 0.25) is 10.0 Å². The lowest BCUT2D eigenvalue weighted by atomic mass is 9.96. The van der Waals surface area contributed by atoms with E-state index >= 15 is 0 Å². The molecular weight excluding hydrogens is 572 g/mol. The highest BCUT2D eigenvalue weighted by molar-refractivity contribution is 7.89. The monoisotopic (exact) mass is 614 g/mol. The second kappa shape index (κ2) is 15.0. The van der Waals surface area contributed by atoms with E-state index in [9.17, 15) is 13.2 Å². The number of rotatable bonds is 14. The van der Waals surface area contributed by atoms with Crippen LogP contribution in [-0.4, -0.2) is 51.8 Å². The van der Waals surface area contributed by atoms with E-state index in [0.717, 1.165) is 40.8 Å². The molecule has 0 radical (unpaired) electrons. The molecule has 7 nitrogen and oxygen atoms in total. The number of benzene rings is 3. The quantitative estimate of drug-likeness (QED) is 0.172. The van der Waals surface area contributed by atoms with E-state index in [-0.39, 0.29) is 30.1 Å². The molecule has 1 N–H and O–H groups in total. The van der Waals surface area contributed by atoms with Gasteiger partial charge in [-0.3, -0.25) is 9.69 Å². The van der Waals surface area contributed by atoms with Crippen LogP contribution in [0, 0.1) is 0 Å². The van der Waals surface area contributed by atoms with Gasteiger partial charge in [0.05, 0.1) is 4.90 Å². The van der Waals surface area contributed by atoms with Crippen molar-refractivity contribution in [3.05, 3.63) is 94.0 Å². The van der Waals surface area contributed by atoms with E-state index in [2.05, 4.69) is 22.9 Å². The summed E-state index contributed by atoms with van der Waals surface area (Å²) in [6.07, 6.45) is 2.77. The highest BCUT2D eigenvalue weighted by Crippen LogP contribution is 2.23. The van der Waals surface area contributed by atoms with Crippen LogP contribution in [0.25, 0.3) is 0 Å². The molecule has 3 aromatic carbocycles. The fraction of sp³-hybridized carbons (Fsp3) is 0.424. The van der Waals surface area contributed by atoms with Crippen molar-refractivity contribution < 1.29 is 22.7 Å². The Morgan fingerprint density at radius 1 is 0.905 bits per heavy atom. The average molecular weight is 615 g/mol. The van der Waals surface area contributed by atoms with E-state index in [1.165, 1.54) is 12.1 Å². The summed E-state index contributed by atoms with van der Waals surface area (Å²) in [6.45, 7) is 7.82. The largest absolute Gasteiger partial charge is 0.475 e. The minimum absolute atomic E-state index is 0.0643. The summed E-state index contributed by atoms with van der Waals surface area (Å²) >= 11 is 5.91. The van der Waals surface area contributed by atoms with Gasteiger partial charge < -0.3 is 9.47 Å². The van der Waals surface area contributed by atoms with Gasteiger partial charge >= 0.3 is 5.97 Å². The minimum atomic E-state index is -3.66. The minimum Gasteiger partial charge on any atom is -0.475 e. The average Bonchev–Trinajstić information content (AvgIpc) is 2.90. The van der Waals surface area contributed by atoms with Gasteiger partial charge in [0.1, 0.15) is 17.6 Å². The van der Waals surface area contributed by atoms with E-state index in [1.807, 2.05) is 71.0 Å². The highest BCUT2D eigenvalue weighted by Gasteiger charge is 2.17. The molecule has 0 saturated heterocycles. The van der Waals surface area contributed by atoms with Crippen LogP contribution >= 0.6 is 11.6 Å². The summed E-state index contributed by atoms with van der Waals surface area (Å²) < 4.78 is 39.9. The first-order valence-electron chi connectivity index (χ1n) is 14.2. The van der Waals surface area contributed by atoms with Crippen LogP contribution in [0.15, 0.2) is 71.6 Å². The molecule has 0 amide bonds. The SMILES string of the molecule is CC(Oc1ccccc1CCc1cc(CCNS(=O)(=O)c2ccc(Cl)cc2)cc(CCC(=O)OC(C)(C)C)c1)N(C)C. The Morgan fingerprint density at radius 2 is 1.50 bits per heavy atom. The van der Waals surface area contributed by atoms with Crippen molar-refractivity contribution in [1.82, 2.24) is 9.62 Å². The molecular formula is C33H43ClN2O5S. The zero-order chi connectivity index (χ0) is 30.9. The summed E-state index contributed by atoms with van der Waals surface area (Å²) in [4.78, 5) is 14.6. The molecule has 1 atom stereocenters. The maximum absolute atomic E-state index is 12.7. The number of para-hydroxylation sites is 1. The molecule has 0 bridgehead atoms. The molecule has 1 unspecified atom stereocenters. The smallest absolute Gasteiger partial charge is 0.306 e. The Morgan fingerprint density at radius 3 is 2.12 bits per heavy atom. The Labute approximate surface area is 256 Å². The lowest BCUT2D eigenvalue weighted by Crippen LogP contribution is -2.30. The van der Waals surface area contributed by atoms with Gasteiger partial charge in [-0.05, 0) is 120 Å². The number of sulfonamides is 1. The standard InChI is InChI=1S/C33H43ClN2O5S/c1-24(36(5)6)40-31-10-8-7-9-28(31)13-11-25-21-26(12-18-32(37)41-33(2,3)4)23-27(22-25)19-20-35-42(38,39)30-16-14-29(34)15-17-30/h7-10,14-17,21-24,35H,11-13,18-20H2,1-6H3. The number of esters is 1. The van der Waals surface area contributed by atoms with Crippen molar-refractivity contribution in [3.8, 4) is 5.75 Å². The molecule has 9 heteroatoms. The lowest BCUT2D eigenvalue weighted by molar-refractivity contribution is -0.154. The number of aryl methyl sites for hydroxylation is 3. The van der Waals surface area contributed by atoms with Crippen LogP contribution in [0.4, 0.5) is 0 Å². The molecule has 228 valence electrons. The van der Waals surface area contributed by atoms with Gasteiger partial charge in [0, 0.05) is 18.0 Å².